The first kappa shape index (κ1) is 16.2. The number of rotatable bonds is 5. The molecule has 122 valence electrons. The van der Waals surface area contributed by atoms with Gasteiger partial charge in [0.15, 0.2) is 0 Å². The third kappa shape index (κ3) is 3.81. The molecule has 0 saturated carbocycles. The summed E-state index contributed by atoms with van der Waals surface area (Å²) in [4.78, 5) is 28.6. The number of carbonyl (C=O) groups is 1. The molecule has 3 rings (SSSR count). The number of nitrogens with one attached hydrogen (secondary N) is 1. The summed E-state index contributed by atoms with van der Waals surface area (Å²) in [5.74, 6) is -0.112. The molecule has 0 unspecified atom stereocenters. The molecule has 1 heterocycles. The summed E-state index contributed by atoms with van der Waals surface area (Å²) in [7, 11) is 0. The zero-order valence-corrected chi connectivity index (χ0v) is 13.7. The summed E-state index contributed by atoms with van der Waals surface area (Å²) in [5.41, 5.74) is 1.25. The number of nitrogens with zero attached hydrogens (tertiary/aromatic N) is 2. The quantitative estimate of drug-likeness (QED) is 0.772. The van der Waals surface area contributed by atoms with Crippen LogP contribution in [0.5, 0.6) is 0 Å². The number of aromatic nitrogens is 2. The van der Waals surface area contributed by atoms with Gasteiger partial charge in [0, 0.05) is 23.7 Å². The van der Waals surface area contributed by atoms with Crippen LogP contribution in [0.2, 0.25) is 5.02 Å². The van der Waals surface area contributed by atoms with Gasteiger partial charge < -0.3 is 5.32 Å². The molecule has 24 heavy (non-hydrogen) atoms. The van der Waals surface area contributed by atoms with Crippen molar-refractivity contribution in [1.29, 1.82) is 0 Å². The number of halogens is 1. The van der Waals surface area contributed by atoms with Crippen molar-refractivity contribution in [2.75, 3.05) is 5.32 Å². The van der Waals surface area contributed by atoms with Crippen molar-refractivity contribution < 1.29 is 4.79 Å². The third-order valence-electron chi connectivity index (χ3n) is 3.64. The number of benzene rings is 2. The van der Waals surface area contributed by atoms with Gasteiger partial charge in [-0.05, 0) is 36.8 Å². The molecule has 1 N–H and O–H groups in total. The number of para-hydroxylation sites is 1. The lowest BCUT2D eigenvalue weighted by atomic mass is 10.2. The summed E-state index contributed by atoms with van der Waals surface area (Å²) in [6.07, 6.45) is 2.39. The first-order valence-electron chi connectivity index (χ1n) is 7.63. The lowest BCUT2D eigenvalue weighted by molar-refractivity contribution is -0.116. The van der Waals surface area contributed by atoms with Crippen molar-refractivity contribution in [3.05, 3.63) is 70.2 Å². The van der Waals surface area contributed by atoms with E-state index in [2.05, 4.69) is 10.3 Å². The van der Waals surface area contributed by atoms with Crippen LogP contribution in [0.15, 0.2) is 59.7 Å². The Labute approximate surface area is 143 Å². The highest BCUT2D eigenvalue weighted by atomic mass is 35.5. The van der Waals surface area contributed by atoms with Crippen LogP contribution in [0.1, 0.15) is 12.8 Å². The van der Waals surface area contributed by atoms with Gasteiger partial charge in [0.1, 0.15) is 0 Å². The van der Waals surface area contributed by atoms with E-state index >= 15 is 0 Å². The molecule has 0 saturated heterocycles. The smallest absolute Gasteiger partial charge is 0.261 e. The van der Waals surface area contributed by atoms with E-state index in [-0.39, 0.29) is 11.5 Å². The Balaban J connectivity index is 1.59. The largest absolute Gasteiger partial charge is 0.326 e. The van der Waals surface area contributed by atoms with Crippen molar-refractivity contribution in [2.45, 2.75) is 19.4 Å². The molecular formula is C18H16ClN3O2. The molecule has 3 aromatic rings. The monoisotopic (exact) mass is 341 g/mol. The molecule has 0 fully saturated rings. The molecule has 1 aromatic heterocycles. The normalized spacial score (nSPS) is 10.7. The molecule has 2 aromatic carbocycles. The first-order valence-corrected chi connectivity index (χ1v) is 8.01. The molecule has 0 spiro atoms. The van der Waals surface area contributed by atoms with Gasteiger partial charge in [0.05, 0.1) is 17.2 Å². The minimum atomic E-state index is -0.112. The van der Waals surface area contributed by atoms with Crippen LogP contribution < -0.4 is 10.9 Å². The molecule has 0 aliphatic carbocycles. The van der Waals surface area contributed by atoms with Gasteiger partial charge in [0.2, 0.25) is 5.91 Å². The van der Waals surface area contributed by atoms with Crippen LogP contribution in [0.25, 0.3) is 10.9 Å². The average molecular weight is 342 g/mol. The third-order valence-corrected chi connectivity index (χ3v) is 3.88. The fraction of sp³-hybridized carbons (Fsp3) is 0.167. The van der Waals surface area contributed by atoms with Gasteiger partial charge in [-0.3, -0.25) is 14.2 Å². The van der Waals surface area contributed by atoms with Gasteiger partial charge in [0.25, 0.3) is 5.56 Å². The molecule has 6 heteroatoms. The minimum absolute atomic E-state index is 0.0872. The number of aryl methyl sites for hydroxylation is 1. The topological polar surface area (TPSA) is 64.0 Å². The number of hydrogen-bond acceptors (Lipinski definition) is 3. The maximum absolute atomic E-state index is 12.3. The van der Waals surface area contributed by atoms with E-state index in [1.807, 2.05) is 12.1 Å². The fourth-order valence-electron chi connectivity index (χ4n) is 2.47. The van der Waals surface area contributed by atoms with Crippen molar-refractivity contribution in [3.63, 3.8) is 0 Å². The van der Waals surface area contributed by atoms with Crippen molar-refractivity contribution in [3.8, 4) is 0 Å². The summed E-state index contributed by atoms with van der Waals surface area (Å²) in [5, 5.41) is 3.94. The minimum Gasteiger partial charge on any atom is -0.326 e. The average Bonchev–Trinajstić information content (AvgIpc) is 2.57. The second kappa shape index (κ2) is 7.27. The second-order valence-corrected chi connectivity index (χ2v) is 5.86. The Morgan fingerprint density at radius 3 is 2.83 bits per heavy atom. The highest BCUT2D eigenvalue weighted by Crippen LogP contribution is 2.15. The van der Waals surface area contributed by atoms with Crippen LogP contribution in [0, 0.1) is 0 Å². The van der Waals surface area contributed by atoms with Crippen molar-refractivity contribution >= 4 is 34.1 Å². The van der Waals surface area contributed by atoms with E-state index in [1.165, 1.54) is 10.9 Å². The number of amides is 1. The van der Waals surface area contributed by atoms with Crippen LogP contribution in [-0.2, 0) is 11.3 Å². The van der Waals surface area contributed by atoms with E-state index in [0.29, 0.717) is 41.0 Å². The van der Waals surface area contributed by atoms with Crippen LogP contribution in [0.3, 0.4) is 0 Å². The summed E-state index contributed by atoms with van der Waals surface area (Å²) >= 11 is 5.88. The highest BCUT2D eigenvalue weighted by molar-refractivity contribution is 6.30. The summed E-state index contributed by atoms with van der Waals surface area (Å²) < 4.78 is 1.54. The molecular weight excluding hydrogens is 326 g/mol. The first-order chi connectivity index (χ1) is 11.6. The van der Waals surface area contributed by atoms with Gasteiger partial charge in [-0.1, -0.05) is 29.8 Å². The van der Waals surface area contributed by atoms with Crippen LogP contribution in [0.4, 0.5) is 5.69 Å². The van der Waals surface area contributed by atoms with Gasteiger partial charge >= 0.3 is 0 Å². The molecule has 1 amide bonds. The zero-order valence-electron chi connectivity index (χ0n) is 12.9. The predicted molar refractivity (Wildman–Crippen MR) is 95.3 cm³/mol. The van der Waals surface area contributed by atoms with Crippen LogP contribution in [-0.4, -0.2) is 15.5 Å². The molecule has 0 atom stereocenters. The molecule has 0 aliphatic rings. The standard InChI is InChI=1S/C18H16ClN3O2/c19-13-5-3-6-14(11-13)21-17(23)9-4-10-22-12-20-16-8-2-1-7-15(16)18(22)24/h1-3,5-8,11-12H,4,9-10H2,(H,21,23). The summed E-state index contributed by atoms with van der Waals surface area (Å²) in [6.45, 7) is 0.444. The molecule has 0 bridgehead atoms. The van der Waals surface area contributed by atoms with Gasteiger partial charge in [-0.15, -0.1) is 0 Å². The maximum Gasteiger partial charge on any atom is 0.261 e. The summed E-state index contributed by atoms with van der Waals surface area (Å²) in [6, 6.07) is 14.2. The SMILES string of the molecule is O=C(CCCn1cnc2ccccc2c1=O)Nc1cccc(Cl)c1. The number of hydrogen-bond donors (Lipinski definition) is 1. The number of carbonyl (C=O) groups excluding carboxylic acids is 1. The van der Waals surface area contributed by atoms with Gasteiger partial charge in [-0.25, -0.2) is 4.98 Å². The Hall–Kier alpha value is -2.66. The van der Waals surface area contributed by atoms with E-state index < -0.39 is 0 Å². The Kier molecular flexibility index (Phi) is 4.91. The van der Waals surface area contributed by atoms with E-state index in [0.717, 1.165) is 0 Å². The fourth-order valence-corrected chi connectivity index (χ4v) is 2.66. The van der Waals surface area contributed by atoms with E-state index in [1.54, 1.807) is 36.4 Å². The van der Waals surface area contributed by atoms with E-state index in [9.17, 15) is 9.59 Å². The lowest BCUT2D eigenvalue weighted by Crippen LogP contribution is -2.21. The van der Waals surface area contributed by atoms with Gasteiger partial charge in [-0.2, -0.15) is 0 Å². The maximum atomic E-state index is 12.3. The van der Waals surface area contributed by atoms with E-state index in [4.69, 9.17) is 11.6 Å². The predicted octanol–water partition coefficient (Wildman–Crippen LogP) is 3.47. The lowest BCUT2D eigenvalue weighted by Gasteiger charge is -2.07. The highest BCUT2D eigenvalue weighted by Gasteiger charge is 2.06. The Morgan fingerprint density at radius 1 is 1.17 bits per heavy atom. The number of anilines is 1. The Bertz CT molecular complexity index is 937. The van der Waals surface area contributed by atoms with Crippen molar-refractivity contribution in [2.24, 2.45) is 0 Å². The van der Waals surface area contributed by atoms with Crippen LogP contribution >= 0.6 is 11.6 Å². The molecule has 0 aliphatic heterocycles. The zero-order chi connectivity index (χ0) is 16.9. The molecule has 0 radical (unpaired) electrons. The molecule has 5 nitrogen and oxygen atoms in total. The Morgan fingerprint density at radius 2 is 2.00 bits per heavy atom. The van der Waals surface area contributed by atoms with Crippen molar-refractivity contribution in [1.82, 2.24) is 9.55 Å². The second-order valence-electron chi connectivity index (χ2n) is 5.42. The number of fused-ring (bicyclic) bond motifs is 1.